The molecule has 2 atom stereocenters. The first-order valence-electron chi connectivity index (χ1n) is 7.92. The molecule has 2 unspecified atom stereocenters. The van der Waals surface area contributed by atoms with Crippen molar-refractivity contribution in [3.05, 3.63) is 18.0 Å². The molecule has 1 aliphatic rings. The second-order valence-corrected chi connectivity index (χ2v) is 5.88. The standard InChI is InChI=1S/C16H27N3O/c1-3-9-19-11-13(17)10-15(19)16(20)18-14-8-6-5-7-12(14)4-2/h10-12,14H,3-9,17H2,1-2H3,(H,18,20). The van der Waals surface area contributed by atoms with Crippen LogP contribution in [0.2, 0.25) is 0 Å². The van der Waals surface area contributed by atoms with Crippen molar-refractivity contribution in [1.82, 2.24) is 9.88 Å². The third-order valence-electron chi connectivity index (χ3n) is 4.36. The Morgan fingerprint density at radius 2 is 2.15 bits per heavy atom. The van der Waals surface area contributed by atoms with Gasteiger partial charge in [0.25, 0.3) is 5.91 Å². The number of amides is 1. The maximum atomic E-state index is 12.5. The van der Waals surface area contributed by atoms with Gasteiger partial charge in [-0.15, -0.1) is 0 Å². The van der Waals surface area contributed by atoms with Gasteiger partial charge in [-0.2, -0.15) is 0 Å². The van der Waals surface area contributed by atoms with Gasteiger partial charge in [-0.1, -0.05) is 33.1 Å². The molecule has 0 saturated heterocycles. The van der Waals surface area contributed by atoms with Crippen LogP contribution in [-0.4, -0.2) is 16.5 Å². The molecule has 0 radical (unpaired) electrons. The topological polar surface area (TPSA) is 60.0 Å². The molecule has 1 fully saturated rings. The number of carbonyl (C=O) groups excluding carboxylic acids is 1. The predicted octanol–water partition coefficient (Wildman–Crippen LogP) is 3.18. The van der Waals surface area contributed by atoms with Crippen LogP contribution in [0.15, 0.2) is 12.3 Å². The number of rotatable bonds is 5. The fourth-order valence-corrected chi connectivity index (χ4v) is 3.28. The molecule has 1 aliphatic carbocycles. The van der Waals surface area contributed by atoms with E-state index >= 15 is 0 Å². The van der Waals surface area contributed by atoms with E-state index < -0.39 is 0 Å². The molecule has 1 amide bonds. The zero-order valence-corrected chi connectivity index (χ0v) is 12.7. The summed E-state index contributed by atoms with van der Waals surface area (Å²) in [6, 6.07) is 2.11. The summed E-state index contributed by atoms with van der Waals surface area (Å²) in [6.45, 7) is 5.15. The Bertz CT molecular complexity index is 453. The maximum Gasteiger partial charge on any atom is 0.268 e. The first kappa shape index (κ1) is 14.9. The predicted molar refractivity (Wildman–Crippen MR) is 82.6 cm³/mol. The second kappa shape index (κ2) is 6.82. The molecule has 1 saturated carbocycles. The van der Waals surface area contributed by atoms with Crippen LogP contribution < -0.4 is 11.1 Å². The highest BCUT2D eigenvalue weighted by molar-refractivity contribution is 5.94. The van der Waals surface area contributed by atoms with E-state index in [1.807, 2.05) is 10.8 Å². The van der Waals surface area contributed by atoms with E-state index in [4.69, 9.17) is 5.73 Å². The van der Waals surface area contributed by atoms with Gasteiger partial charge in [0.15, 0.2) is 0 Å². The Morgan fingerprint density at radius 3 is 2.85 bits per heavy atom. The van der Waals surface area contributed by atoms with Crippen LogP contribution in [-0.2, 0) is 6.54 Å². The van der Waals surface area contributed by atoms with Crippen molar-refractivity contribution >= 4 is 11.6 Å². The molecule has 3 N–H and O–H groups in total. The fourth-order valence-electron chi connectivity index (χ4n) is 3.28. The molecule has 112 valence electrons. The quantitative estimate of drug-likeness (QED) is 0.868. The number of hydrogen-bond donors (Lipinski definition) is 2. The smallest absolute Gasteiger partial charge is 0.268 e. The largest absolute Gasteiger partial charge is 0.397 e. The third kappa shape index (κ3) is 3.35. The van der Waals surface area contributed by atoms with Crippen molar-refractivity contribution in [1.29, 1.82) is 0 Å². The van der Waals surface area contributed by atoms with Crippen LogP contribution in [0, 0.1) is 5.92 Å². The molecule has 1 heterocycles. The second-order valence-electron chi connectivity index (χ2n) is 5.88. The number of aromatic nitrogens is 1. The van der Waals surface area contributed by atoms with E-state index in [0.717, 1.165) is 25.8 Å². The Kier molecular flexibility index (Phi) is 5.10. The van der Waals surface area contributed by atoms with E-state index in [2.05, 4.69) is 19.2 Å². The van der Waals surface area contributed by atoms with Crippen LogP contribution in [0.1, 0.15) is 62.9 Å². The highest BCUT2D eigenvalue weighted by atomic mass is 16.2. The van der Waals surface area contributed by atoms with Crippen molar-refractivity contribution in [2.45, 2.75) is 65.0 Å². The van der Waals surface area contributed by atoms with Gasteiger partial charge in [-0.25, -0.2) is 0 Å². The Morgan fingerprint density at radius 1 is 1.40 bits per heavy atom. The van der Waals surface area contributed by atoms with Gasteiger partial charge in [0.1, 0.15) is 5.69 Å². The summed E-state index contributed by atoms with van der Waals surface area (Å²) in [5.41, 5.74) is 7.20. The highest BCUT2D eigenvalue weighted by Gasteiger charge is 2.26. The summed E-state index contributed by atoms with van der Waals surface area (Å²) in [6.07, 6.45) is 8.85. The number of carbonyl (C=O) groups is 1. The lowest BCUT2D eigenvalue weighted by molar-refractivity contribution is 0.0895. The number of nitrogens with one attached hydrogen (secondary N) is 1. The van der Waals surface area contributed by atoms with Crippen molar-refractivity contribution in [2.24, 2.45) is 5.92 Å². The van der Waals surface area contributed by atoms with Crippen molar-refractivity contribution in [3.63, 3.8) is 0 Å². The lowest BCUT2D eigenvalue weighted by Gasteiger charge is -2.31. The lowest BCUT2D eigenvalue weighted by Crippen LogP contribution is -2.42. The van der Waals surface area contributed by atoms with Crippen molar-refractivity contribution < 1.29 is 4.79 Å². The van der Waals surface area contributed by atoms with E-state index in [9.17, 15) is 4.79 Å². The van der Waals surface area contributed by atoms with Crippen LogP contribution >= 0.6 is 0 Å². The first-order valence-corrected chi connectivity index (χ1v) is 7.92. The summed E-state index contributed by atoms with van der Waals surface area (Å²) in [7, 11) is 0. The summed E-state index contributed by atoms with van der Waals surface area (Å²) in [5, 5.41) is 3.23. The Hall–Kier alpha value is -1.45. The van der Waals surface area contributed by atoms with Crippen molar-refractivity contribution in [3.8, 4) is 0 Å². The van der Waals surface area contributed by atoms with E-state index in [0.29, 0.717) is 23.3 Å². The normalized spacial score (nSPS) is 22.7. The van der Waals surface area contributed by atoms with Gasteiger partial charge in [-0.3, -0.25) is 4.79 Å². The number of aryl methyl sites for hydroxylation is 1. The van der Waals surface area contributed by atoms with E-state index in [-0.39, 0.29) is 5.91 Å². The van der Waals surface area contributed by atoms with Crippen LogP contribution in [0.5, 0.6) is 0 Å². The van der Waals surface area contributed by atoms with Crippen LogP contribution in [0.3, 0.4) is 0 Å². The molecule has 0 spiro atoms. The fraction of sp³-hybridized carbons (Fsp3) is 0.688. The maximum absolute atomic E-state index is 12.5. The minimum absolute atomic E-state index is 0.0282. The number of nitrogen functional groups attached to an aromatic ring is 1. The molecule has 0 aliphatic heterocycles. The van der Waals surface area contributed by atoms with Gasteiger partial charge in [0.05, 0.1) is 5.69 Å². The minimum atomic E-state index is 0.0282. The third-order valence-corrected chi connectivity index (χ3v) is 4.36. The van der Waals surface area contributed by atoms with E-state index in [1.54, 1.807) is 6.07 Å². The summed E-state index contributed by atoms with van der Waals surface area (Å²) in [5.74, 6) is 0.653. The highest BCUT2D eigenvalue weighted by Crippen LogP contribution is 2.27. The molecule has 1 aromatic heterocycles. The molecular formula is C16H27N3O. The zero-order valence-electron chi connectivity index (χ0n) is 12.7. The Balaban J connectivity index is 2.07. The zero-order chi connectivity index (χ0) is 14.5. The Labute approximate surface area is 121 Å². The van der Waals surface area contributed by atoms with Gasteiger partial charge in [0.2, 0.25) is 0 Å². The summed E-state index contributed by atoms with van der Waals surface area (Å²) < 4.78 is 1.97. The minimum Gasteiger partial charge on any atom is -0.397 e. The number of hydrogen-bond acceptors (Lipinski definition) is 2. The van der Waals surface area contributed by atoms with Gasteiger partial charge in [-0.05, 0) is 31.2 Å². The SMILES string of the molecule is CCCn1cc(N)cc1C(=O)NC1CCCCC1CC. The molecule has 4 heteroatoms. The average molecular weight is 277 g/mol. The molecule has 1 aromatic rings. The van der Waals surface area contributed by atoms with E-state index in [1.165, 1.54) is 19.3 Å². The first-order chi connectivity index (χ1) is 9.65. The molecule has 2 rings (SSSR count). The molecule has 20 heavy (non-hydrogen) atoms. The molecule has 4 nitrogen and oxygen atoms in total. The average Bonchev–Trinajstić information content (AvgIpc) is 2.81. The number of nitrogens with two attached hydrogens (primary N) is 1. The molecule has 0 bridgehead atoms. The molecular weight excluding hydrogens is 250 g/mol. The molecule has 0 aromatic carbocycles. The monoisotopic (exact) mass is 277 g/mol. The summed E-state index contributed by atoms with van der Waals surface area (Å²) in [4.78, 5) is 12.5. The van der Waals surface area contributed by atoms with Crippen LogP contribution in [0.4, 0.5) is 5.69 Å². The van der Waals surface area contributed by atoms with Gasteiger partial charge < -0.3 is 15.6 Å². The lowest BCUT2D eigenvalue weighted by atomic mass is 9.83. The van der Waals surface area contributed by atoms with Gasteiger partial charge in [0, 0.05) is 18.8 Å². The van der Waals surface area contributed by atoms with Crippen molar-refractivity contribution in [2.75, 3.05) is 5.73 Å². The van der Waals surface area contributed by atoms with Crippen LogP contribution in [0.25, 0.3) is 0 Å². The van der Waals surface area contributed by atoms with Gasteiger partial charge >= 0.3 is 0 Å². The summed E-state index contributed by atoms with van der Waals surface area (Å²) >= 11 is 0. The number of nitrogens with zero attached hydrogens (tertiary/aromatic N) is 1. The number of anilines is 1.